The Labute approximate surface area is 159 Å². The van der Waals surface area contributed by atoms with E-state index >= 15 is 0 Å². The topological polar surface area (TPSA) is 140 Å². The van der Waals surface area contributed by atoms with E-state index in [1.165, 1.54) is 18.5 Å². The molecule has 0 fully saturated rings. The molecule has 0 radical (unpaired) electrons. The summed E-state index contributed by atoms with van der Waals surface area (Å²) in [5, 5.41) is 31.2. The summed E-state index contributed by atoms with van der Waals surface area (Å²) < 4.78 is 1.61. The number of carbonyl (C=O) groups is 2. The summed E-state index contributed by atoms with van der Waals surface area (Å²) in [6.45, 7) is 3.53. The van der Waals surface area contributed by atoms with Gasteiger partial charge in [-0.15, -0.1) is 10.2 Å². The van der Waals surface area contributed by atoms with Crippen molar-refractivity contribution in [1.82, 2.24) is 20.1 Å². The number of carboxylic acids is 1. The predicted octanol–water partition coefficient (Wildman–Crippen LogP) is 2.10. The van der Waals surface area contributed by atoms with Crippen molar-refractivity contribution in [1.29, 1.82) is 0 Å². The molecule has 1 heterocycles. The van der Waals surface area contributed by atoms with Crippen LogP contribution in [0, 0.1) is 16.0 Å². The normalized spacial score (nSPS) is 13.0. The third kappa shape index (κ3) is 4.82. The quantitative estimate of drug-likeness (QED) is 0.513. The van der Waals surface area contributed by atoms with Gasteiger partial charge in [-0.2, -0.15) is 0 Å². The van der Waals surface area contributed by atoms with Gasteiger partial charge in [0, 0.05) is 18.7 Å². The van der Waals surface area contributed by atoms with Crippen molar-refractivity contribution in [3.63, 3.8) is 0 Å². The lowest BCUT2D eigenvalue weighted by Crippen LogP contribution is -2.45. The highest BCUT2D eigenvalue weighted by molar-refractivity contribution is 7.99. The SMILES string of the molecule is CC[C@H](C)[C@H](NC(=O)c1ccc(Sc2nncn2C)c([N+](=O)[O-])c1)C(=O)O. The van der Waals surface area contributed by atoms with Gasteiger partial charge in [0.15, 0.2) is 5.16 Å². The maximum Gasteiger partial charge on any atom is 0.326 e. The van der Waals surface area contributed by atoms with Crippen molar-refractivity contribution >= 4 is 29.3 Å². The minimum atomic E-state index is -1.15. The molecule has 144 valence electrons. The molecule has 0 aliphatic carbocycles. The standard InChI is InChI=1S/C16H19N5O5S/c1-4-9(2)13(15(23)24)18-14(22)10-5-6-12(11(7-10)21(25)26)27-16-19-17-8-20(16)3/h5-9,13H,4H2,1-3H3,(H,18,22)(H,23,24)/t9-,13-/m0/s1. The summed E-state index contributed by atoms with van der Waals surface area (Å²) in [7, 11) is 1.71. The number of hydrogen-bond donors (Lipinski definition) is 2. The zero-order valence-corrected chi connectivity index (χ0v) is 15.8. The van der Waals surface area contributed by atoms with Crippen molar-refractivity contribution in [3.05, 3.63) is 40.2 Å². The van der Waals surface area contributed by atoms with Crippen molar-refractivity contribution in [3.8, 4) is 0 Å². The molecular weight excluding hydrogens is 374 g/mol. The Morgan fingerprint density at radius 1 is 1.44 bits per heavy atom. The maximum atomic E-state index is 12.4. The van der Waals surface area contributed by atoms with Gasteiger partial charge in [-0.25, -0.2) is 4.79 Å². The number of aromatic nitrogens is 3. The second kappa shape index (κ2) is 8.62. The van der Waals surface area contributed by atoms with Crippen LogP contribution in [0.15, 0.2) is 34.6 Å². The van der Waals surface area contributed by atoms with Crippen LogP contribution in [-0.2, 0) is 11.8 Å². The summed E-state index contributed by atoms with van der Waals surface area (Å²) in [5.74, 6) is -2.12. The van der Waals surface area contributed by atoms with E-state index in [1.807, 2.05) is 6.92 Å². The Balaban J connectivity index is 2.29. The number of carbonyl (C=O) groups excluding carboxylic acids is 1. The molecule has 2 atom stereocenters. The molecule has 11 heteroatoms. The van der Waals surface area contributed by atoms with Crippen LogP contribution >= 0.6 is 11.8 Å². The van der Waals surface area contributed by atoms with E-state index in [0.717, 1.165) is 17.8 Å². The smallest absolute Gasteiger partial charge is 0.326 e. The number of nitro groups is 1. The fourth-order valence-corrected chi connectivity index (χ4v) is 3.11. The zero-order valence-electron chi connectivity index (χ0n) is 14.9. The molecule has 1 amide bonds. The highest BCUT2D eigenvalue weighted by atomic mass is 32.2. The van der Waals surface area contributed by atoms with Gasteiger partial charge < -0.3 is 15.0 Å². The lowest BCUT2D eigenvalue weighted by Gasteiger charge is -2.20. The van der Waals surface area contributed by atoms with Gasteiger partial charge in [-0.05, 0) is 29.8 Å². The Hall–Kier alpha value is -2.95. The average molecular weight is 393 g/mol. The van der Waals surface area contributed by atoms with E-state index < -0.39 is 22.8 Å². The highest BCUT2D eigenvalue weighted by Gasteiger charge is 2.27. The van der Waals surface area contributed by atoms with Gasteiger partial charge in [0.05, 0.1) is 9.82 Å². The van der Waals surface area contributed by atoms with E-state index in [0.29, 0.717) is 16.5 Å². The summed E-state index contributed by atoms with van der Waals surface area (Å²) >= 11 is 1.05. The number of aryl methyl sites for hydroxylation is 1. The van der Waals surface area contributed by atoms with Gasteiger partial charge >= 0.3 is 5.97 Å². The summed E-state index contributed by atoms with van der Waals surface area (Å²) in [5.41, 5.74) is -0.260. The first kappa shape index (κ1) is 20.4. The molecule has 0 unspecified atom stereocenters. The van der Waals surface area contributed by atoms with Crippen LogP contribution < -0.4 is 5.32 Å². The lowest BCUT2D eigenvalue weighted by molar-refractivity contribution is -0.387. The molecule has 1 aromatic heterocycles. The van der Waals surface area contributed by atoms with Gasteiger partial charge in [-0.3, -0.25) is 14.9 Å². The summed E-state index contributed by atoms with van der Waals surface area (Å²) in [4.78, 5) is 34.9. The fourth-order valence-electron chi connectivity index (χ4n) is 2.26. The van der Waals surface area contributed by atoms with Gasteiger partial charge in [-0.1, -0.05) is 20.3 Å². The van der Waals surface area contributed by atoms with E-state index in [4.69, 9.17) is 0 Å². The van der Waals surface area contributed by atoms with Crippen LogP contribution in [0.3, 0.4) is 0 Å². The number of nitrogens with one attached hydrogen (secondary N) is 1. The molecule has 0 aliphatic rings. The van der Waals surface area contributed by atoms with Crippen LogP contribution in [0.2, 0.25) is 0 Å². The minimum absolute atomic E-state index is 0.0126. The maximum absolute atomic E-state index is 12.4. The summed E-state index contributed by atoms with van der Waals surface area (Å²) in [6, 6.07) is 2.90. The number of carboxylic acid groups (broad SMARTS) is 1. The van der Waals surface area contributed by atoms with Gasteiger partial charge in [0.25, 0.3) is 11.6 Å². The van der Waals surface area contributed by atoms with E-state index in [9.17, 15) is 24.8 Å². The minimum Gasteiger partial charge on any atom is -0.480 e. The number of aliphatic carboxylic acids is 1. The predicted molar refractivity (Wildman–Crippen MR) is 96.6 cm³/mol. The molecule has 0 spiro atoms. The molecule has 27 heavy (non-hydrogen) atoms. The van der Waals surface area contributed by atoms with E-state index in [1.54, 1.807) is 18.5 Å². The zero-order chi connectivity index (χ0) is 20.1. The number of nitrogens with zero attached hydrogens (tertiary/aromatic N) is 4. The number of amides is 1. The first-order valence-electron chi connectivity index (χ1n) is 8.08. The number of hydrogen-bond acceptors (Lipinski definition) is 7. The van der Waals surface area contributed by atoms with Gasteiger partial charge in [0.2, 0.25) is 0 Å². The van der Waals surface area contributed by atoms with Crippen molar-refractivity contribution < 1.29 is 19.6 Å². The van der Waals surface area contributed by atoms with E-state index in [-0.39, 0.29) is 17.2 Å². The third-order valence-electron chi connectivity index (χ3n) is 4.05. The Morgan fingerprint density at radius 2 is 2.15 bits per heavy atom. The molecule has 0 bridgehead atoms. The second-order valence-electron chi connectivity index (χ2n) is 5.94. The molecular formula is C16H19N5O5S. The third-order valence-corrected chi connectivity index (χ3v) is 5.17. The molecule has 0 saturated carbocycles. The Morgan fingerprint density at radius 3 is 2.67 bits per heavy atom. The van der Waals surface area contributed by atoms with Crippen LogP contribution in [0.25, 0.3) is 0 Å². The van der Waals surface area contributed by atoms with Crippen molar-refractivity contribution in [2.24, 2.45) is 13.0 Å². The van der Waals surface area contributed by atoms with Crippen LogP contribution in [0.5, 0.6) is 0 Å². The second-order valence-corrected chi connectivity index (χ2v) is 6.95. The number of nitro benzene ring substituents is 1. The number of benzene rings is 1. The molecule has 10 nitrogen and oxygen atoms in total. The molecule has 1 aromatic carbocycles. The first-order valence-corrected chi connectivity index (χ1v) is 8.90. The largest absolute Gasteiger partial charge is 0.480 e. The van der Waals surface area contributed by atoms with Crippen LogP contribution in [0.1, 0.15) is 30.6 Å². The molecule has 0 saturated heterocycles. The van der Waals surface area contributed by atoms with Crippen molar-refractivity contribution in [2.75, 3.05) is 0 Å². The van der Waals surface area contributed by atoms with Gasteiger partial charge in [0.1, 0.15) is 12.4 Å². The molecule has 2 aromatic rings. The molecule has 2 N–H and O–H groups in total. The molecule has 0 aliphatic heterocycles. The molecule has 2 rings (SSSR count). The van der Waals surface area contributed by atoms with E-state index in [2.05, 4.69) is 15.5 Å². The first-order chi connectivity index (χ1) is 12.7. The van der Waals surface area contributed by atoms with Crippen LogP contribution in [-0.4, -0.2) is 42.7 Å². The Bertz CT molecular complexity index is 869. The highest BCUT2D eigenvalue weighted by Crippen LogP contribution is 2.34. The summed E-state index contributed by atoms with van der Waals surface area (Å²) in [6.07, 6.45) is 2.03. The fraction of sp³-hybridized carbons (Fsp3) is 0.375. The van der Waals surface area contributed by atoms with Crippen molar-refractivity contribution in [2.45, 2.75) is 36.4 Å². The monoisotopic (exact) mass is 393 g/mol. The Kier molecular flexibility index (Phi) is 6.50. The lowest BCUT2D eigenvalue weighted by atomic mass is 9.99. The number of rotatable bonds is 8. The van der Waals surface area contributed by atoms with Crippen LogP contribution in [0.4, 0.5) is 5.69 Å². The average Bonchev–Trinajstić information content (AvgIpc) is 3.03.